The van der Waals surface area contributed by atoms with Crippen LogP contribution in [-0.4, -0.2) is 4.98 Å². The minimum atomic E-state index is -0.0530. The highest BCUT2D eigenvalue weighted by Crippen LogP contribution is 2.58. The molecular weight excluding hydrogens is 1200 g/mol. The quantitative estimate of drug-likeness (QED) is 0.130. The van der Waals surface area contributed by atoms with E-state index in [1.165, 1.54) is 150 Å². The molecule has 98 heavy (non-hydrogen) atoms. The largest absolute Gasteiger partial charge is 0.435 e. The lowest BCUT2D eigenvalue weighted by molar-refractivity contribution is -0.717. The molecular formula is C89H73N5O4+4. The Kier molecular flexibility index (Phi) is 12.5. The minimum Gasteiger partial charge on any atom is -0.435 e. The fourth-order valence-corrected chi connectivity index (χ4v) is 17.7. The van der Waals surface area contributed by atoms with Crippen LogP contribution in [0.4, 0.5) is 0 Å². The zero-order valence-corrected chi connectivity index (χ0v) is 56.4. The molecule has 8 aliphatic rings. The molecule has 9 nitrogen and oxygen atoms in total. The third-order valence-corrected chi connectivity index (χ3v) is 22.5. The summed E-state index contributed by atoms with van der Waals surface area (Å²) in [6.45, 7) is 20.9. The summed E-state index contributed by atoms with van der Waals surface area (Å²) < 4.78 is 33.2. The van der Waals surface area contributed by atoms with Gasteiger partial charge in [0.2, 0.25) is 22.8 Å². The zero-order valence-electron chi connectivity index (χ0n) is 56.4. The van der Waals surface area contributed by atoms with E-state index in [9.17, 15) is 0 Å². The van der Waals surface area contributed by atoms with Crippen molar-refractivity contribution >= 4 is 32.3 Å². The average molecular weight is 1280 g/mol. The van der Waals surface area contributed by atoms with Crippen LogP contribution in [0.5, 0.6) is 23.0 Å². The summed E-state index contributed by atoms with van der Waals surface area (Å²) in [5.41, 5.74) is 28.7. The molecule has 0 amide bonds. The van der Waals surface area contributed by atoms with Gasteiger partial charge in [0, 0.05) is 89.8 Å². The molecule has 0 saturated heterocycles. The van der Waals surface area contributed by atoms with Crippen LogP contribution in [0.2, 0.25) is 0 Å². The molecule has 9 aromatic carbocycles. The van der Waals surface area contributed by atoms with Gasteiger partial charge in [-0.1, -0.05) is 207 Å². The molecule has 0 atom stereocenters. The molecule has 0 bridgehead atoms. The van der Waals surface area contributed by atoms with Crippen molar-refractivity contribution in [1.29, 1.82) is 0 Å². The van der Waals surface area contributed by atoms with Gasteiger partial charge in [-0.05, 0) is 115 Å². The average Bonchev–Trinajstić information content (AvgIpc) is 1.54. The van der Waals surface area contributed by atoms with Crippen molar-refractivity contribution in [2.24, 2.45) is 0 Å². The number of rotatable bonds is 3. The van der Waals surface area contributed by atoms with E-state index in [4.69, 9.17) is 18.9 Å². The lowest BCUT2D eigenvalue weighted by Crippen LogP contribution is -2.42. The van der Waals surface area contributed by atoms with Gasteiger partial charge in [-0.3, -0.25) is 4.98 Å². The van der Waals surface area contributed by atoms with Gasteiger partial charge in [0.1, 0.15) is 23.0 Å². The van der Waals surface area contributed by atoms with E-state index in [2.05, 4.69) is 310 Å². The smallest absolute Gasteiger partial charge is 0.292 e. The molecule has 0 fully saturated rings. The van der Waals surface area contributed by atoms with Crippen LogP contribution in [0.1, 0.15) is 99.9 Å². The van der Waals surface area contributed by atoms with Crippen LogP contribution < -0.4 is 37.2 Å². The summed E-state index contributed by atoms with van der Waals surface area (Å²) in [4.78, 5) is 4.30. The standard InChI is InChI=1S/C25H20NO.C23H18NO.C21H18NO.C20H17N2O/c1-25(2)20-11-6-12-22-23(20)24-21(25)13-17(14-26(24)15-27-22)19-10-5-8-16-7-3-4-9-18(16)19;1-23(2)17-8-5-9-18-20(17)22-21(23)19-15(12-24(22)13-25-18)11-10-14-6-3-4-7-16(14)19;1-21(2)16-9-6-10-18-19(16)20-17(21)11-15(12-22(20)13-23-18)14-7-4-3-5-8-14;1-20(2)15-6-4-10-22-12-23-16-8-7-14(13-5-3-9-21-11-13)18(20)17(16)19(15)22/h3-14H,15H2,1-2H3;3-12H,13H2,1-2H3;3-12H,13H2,1-2H3;3-11H,12H2,1-2H3/q4*+1. The monoisotopic (exact) mass is 1280 g/mol. The maximum atomic E-state index is 6.10. The van der Waals surface area contributed by atoms with Gasteiger partial charge in [0.25, 0.3) is 26.9 Å². The van der Waals surface area contributed by atoms with Crippen molar-refractivity contribution in [3.8, 4) is 101 Å². The Morgan fingerprint density at radius 1 is 0.316 bits per heavy atom. The van der Waals surface area contributed by atoms with Crippen molar-refractivity contribution in [3.05, 3.63) is 294 Å². The molecule has 0 radical (unpaired) electrons. The number of hydrogen-bond donors (Lipinski definition) is 0. The predicted molar refractivity (Wildman–Crippen MR) is 386 cm³/mol. The van der Waals surface area contributed by atoms with Crippen LogP contribution in [0, 0.1) is 0 Å². The Balaban J connectivity index is 0.0000000917. The summed E-state index contributed by atoms with van der Waals surface area (Å²) in [5.74, 6) is 4.04. The number of aromatic nitrogens is 5. The number of nitrogens with zero attached hydrogens (tertiary/aromatic N) is 5. The van der Waals surface area contributed by atoms with Crippen LogP contribution in [-0.2, 0) is 48.6 Å². The Hall–Kier alpha value is -11.3. The van der Waals surface area contributed by atoms with E-state index in [-0.39, 0.29) is 21.7 Å². The Morgan fingerprint density at radius 3 is 1.46 bits per heavy atom. The van der Waals surface area contributed by atoms with Crippen LogP contribution in [0.15, 0.2) is 250 Å². The fraction of sp³-hybridized carbons (Fsp3) is 0.180. The third-order valence-electron chi connectivity index (χ3n) is 22.5. The first-order valence-electron chi connectivity index (χ1n) is 34.3. The second-order valence-corrected chi connectivity index (χ2v) is 29.4. The van der Waals surface area contributed by atoms with Crippen molar-refractivity contribution < 1.29 is 37.2 Å². The highest BCUT2D eigenvalue weighted by atomic mass is 16.5. The minimum absolute atomic E-state index is 0.000910. The number of ether oxygens (including phenoxy) is 4. The molecule has 9 heterocycles. The predicted octanol–water partition coefficient (Wildman–Crippen LogP) is 18.4. The first kappa shape index (κ1) is 58.1. The lowest BCUT2D eigenvalue weighted by atomic mass is 9.79. The highest BCUT2D eigenvalue weighted by Gasteiger charge is 2.51. The summed E-state index contributed by atoms with van der Waals surface area (Å²) in [6, 6.07) is 75.8. The van der Waals surface area contributed by atoms with Gasteiger partial charge in [-0.25, -0.2) is 0 Å². The normalized spacial score (nSPS) is 15.8. The molecule has 0 unspecified atom stereocenters. The van der Waals surface area contributed by atoms with Crippen molar-refractivity contribution in [2.45, 2.75) is 104 Å². The van der Waals surface area contributed by atoms with Gasteiger partial charge in [-0.2, -0.15) is 18.3 Å². The Bertz CT molecular complexity index is 5770. The Labute approximate surface area is 570 Å². The lowest BCUT2D eigenvalue weighted by Gasteiger charge is -2.23. The number of benzene rings is 9. The van der Waals surface area contributed by atoms with Crippen LogP contribution >= 0.6 is 0 Å². The molecule has 474 valence electrons. The first-order valence-corrected chi connectivity index (χ1v) is 34.3. The van der Waals surface area contributed by atoms with Gasteiger partial charge < -0.3 is 18.9 Å². The van der Waals surface area contributed by atoms with Crippen LogP contribution in [0.25, 0.3) is 111 Å². The maximum Gasteiger partial charge on any atom is 0.292 e. The molecule has 4 aliphatic heterocycles. The first-order chi connectivity index (χ1) is 47.6. The second-order valence-electron chi connectivity index (χ2n) is 29.4. The molecule has 5 aromatic heterocycles. The fourth-order valence-electron chi connectivity index (χ4n) is 17.7. The zero-order chi connectivity index (χ0) is 66.1. The Morgan fingerprint density at radius 2 is 0.806 bits per heavy atom. The van der Waals surface area contributed by atoms with E-state index < -0.39 is 0 Å². The molecule has 9 heteroatoms. The number of hydrogen-bond acceptors (Lipinski definition) is 5. The van der Waals surface area contributed by atoms with E-state index in [1.54, 1.807) is 0 Å². The molecule has 0 saturated carbocycles. The van der Waals surface area contributed by atoms with Gasteiger partial charge in [0.05, 0.1) is 22.3 Å². The number of pyridine rings is 5. The second kappa shape index (κ2) is 21.1. The SMILES string of the molecule is CC1(C)c2ccc[n+]3c2-c2c(ccc(-c4cccnc4)c21)OC3.CC1(C)c2cccc3c2-c2c1c1c(ccc4ccccc41)c[n+]2CO3.CC1(C)c2cccc3c2-c2c1cc(-c1cccc4ccccc14)c[n+]2CO3.CC1(C)c2cccc3c2-c2c1cc(-c1ccccc1)c[n+]2CO3. The summed E-state index contributed by atoms with van der Waals surface area (Å²) in [5, 5.41) is 7.88. The van der Waals surface area contributed by atoms with Gasteiger partial charge in [-0.15, -0.1) is 0 Å². The van der Waals surface area contributed by atoms with E-state index >= 15 is 0 Å². The topological polar surface area (TPSA) is 65.3 Å². The third kappa shape index (κ3) is 8.34. The van der Waals surface area contributed by atoms with Crippen LogP contribution in [0.3, 0.4) is 0 Å². The van der Waals surface area contributed by atoms with E-state index in [1.807, 2.05) is 18.5 Å². The highest BCUT2D eigenvalue weighted by molar-refractivity contribution is 6.12. The van der Waals surface area contributed by atoms with Gasteiger partial charge >= 0.3 is 0 Å². The molecule has 0 spiro atoms. The van der Waals surface area contributed by atoms with E-state index in [0.29, 0.717) is 26.9 Å². The summed E-state index contributed by atoms with van der Waals surface area (Å²) in [6.07, 6.45) is 12.6. The van der Waals surface area contributed by atoms with E-state index in [0.717, 1.165) is 28.6 Å². The maximum absolute atomic E-state index is 6.10. The van der Waals surface area contributed by atoms with Crippen molar-refractivity contribution in [3.63, 3.8) is 0 Å². The van der Waals surface area contributed by atoms with Crippen molar-refractivity contribution in [1.82, 2.24) is 4.98 Å². The molecule has 4 aliphatic carbocycles. The molecule has 0 N–H and O–H groups in total. The molecule has 14 aromatic rings. The number of fused-ring (bicyclic) bond motifs is 5. The summed E-state index contributed by atoms with van der Waals surface area (Å²) in [7, 11) is 0. The summed E-state index contributed by atoms with van der Waals surface area (Å²) >= 11 is 0. The molecule has 22 rings (SSSR count). The van der Waals surface area contributed by atoms with Crippen molar-refractivity contribution in [2.75, 3.05) is 0 Å². The van der Waals surface area contributed by atoms with Gasteiger partial charge in [0.15, 0.2) is 24.8 Å².